The summed E-state index contributed by atoms with van der Waals surface area (Å²) in [6, 6.07) is 5.07. The van der Waals surface area contributed by atoms with Crippen molar-refractivity contribution in [3.63, 3.8) is 0 Å². The van der Waals surface area contributed by atoms with Gasteiger partial charge in [0.25, 0.3) is 5.91 Å². The molecule has 4 nitrogen and oxygen atoms in total. The average Bonchev–Trinajstić information content (AvgIpc) is 2.99. The second kappa shape index (κ2) is 8.54. The van der Waals surface area contributed by atoms with Gasteiger partial charge in [-0.2, -0.15) is 0 Å². The van der Waals surface area contributed by atoms with Crippen molar-refractivity contribution in [1.82, 2.24) is 14.8 Å². The summed E-state index contributed by atoms with van der Waals surface area (Å²) in [5.74, 6) is -0.253. The maximum absolute atomic E-state index is 13.8. The fraction of sp³-hybridized carbons (Fsp3) is 0.474. The minimum Gasteiger partial charge on any atom is -0.337 e. The van der Waals surface area contributed by atoms with E-state index in [1.807, 2.05) is 31.9 Å². The molecule has 0 fully saturated rings. The number of likely N-dealkylation sites (N-methyl/N-ethyl adjacent to an activating group) is 2. The molecule has 0 atom stereocenters. The van der Waals surface area contributed by atoms with E-state index in [0.29, 0.717) is 39.8 Å². The van der Waals surface area contributed by atoms with Gasteiger partial charge < -0.3 is 9.80 Å². The van der Waals surface area contributed by atoms with Gasteiger partial charge in [-0.05, 0) is 46.0 Å². The molecule has 1 aromatic carbocycles. The number of aromatic nitrogens is 1. The quantitative estimate of drug-likeness (QED) is 0.747. The molecule has 0 saturated carbocycles. The Hall–Kier alpha value is -1.79. The number of halogens is 1. The lowest BCUT2D eigenvalue weighted by atomic mass is 10.1. The number of carbonyl (C=O) groups excluding carboxylic acids is 1. The number of carbonyl (C=O) groups is 1. The molecule has 136 valence electrons. The smallest absolute Gasteiger partial charge is 0.265 e. The number of thiazole rings is 1. The van der Waals surface area contributed by atoms with Crippen LogP contribution in [0.3, 0.4) is 0 Å². The van der Waals surface area contributed by atoms with Crippen LogP contribution in [0.4, 0.5) is 4.39 Å². The van der Waals surface area contributed by atoms with E-state index in [1.54, 1.807) is 13.0 Å². The van der Waals surface area contributed by atoms with Crippen molar-refractivity contribution in [2.24, 2.45) is 0 Å². The van der Waals surface area contributed by atoms with Gasteiger partial charge in [-0.25, -0.2) is 9.37 Å². The molecule has 0 aliphatic heterocycles. The normalized spacial score (nSPS) is 11.2. The van der Waals surface area contributed by atoms with E-state index in [-0.39, 0.29) is 11.7 Å². The molecule has 0 aliphatic carbocycles. The number of amides is 1. The largest absolute Gasteiger partial charge is 0.337 e. The third kappa shape index (κ3) is 4.64. The van der Waals surface area contributed by atoms with Gasteiger partial charge in [0.15, 0.2) is 0 Å². The van der Waals surface area contributed by atoms with E-state index >= 15 is 0 Å². The van der Waals surface area contributed by atoms with E-state index in [0.717, 1.165) is 13.1 Å². The van der Waals surface area contributed by atoms with Crippen molar-refractivity contribution < 1.29 is 9.18 Å². The SMILES string of the molecule is CCN(C)CCN(CC)C(=O)c1sc(-c2ccc(C)c(F)c2)nc1C. The van der Waals surface area contributed by atoms with Gasteiger partial charge in [0.1, 0.15) is 15.7 Å². The highest BCUT2D eigenvalue weighted by molar-refractivity contribution is 7.17. The topological polar surface area (TPSA) is 36.4 Å². The molecular weight excluding hydrogens is 337 g/mol. The molecule has 0 radical (unpaired) electrons. The predicted octanol–water partition coefficient (Wildman–Crippen LogP) is 3.98. The van der Waals surface area contributed by atoms with Gasteiger partial charge in [0, 0.05) is 25.2 Å². The van der Waals surface area contributed by atoms with Gasteiger partial charge in [-0.15, -0.1) is 11.3 Å². The molecule has 0 saturated heterocycles. The Morgan fingerprint density at radius 3 is 2.52 bits per heavy atom. The number of hydrogen-bond donors (Lipinski definition) is 0. The lowest BCUT2D eigenvalue weighted by Gasteiger charge is -2.23. The zero-order valence-corrected chi connectivity index (χ0v) is 16.4. The van der Waals surface area contributed by atoms with Crippen molar-refractivity contribution >= 4 is 17.2 Å². The van der Waals surface area contributed by atoms with E-state index in [1.165, 1.54) is 17.4 Å². The van der Waals surface area contributed by atoms with Crippen molar-refractivity contribution in [3.8, 4) is 10.6 Å². The molecule has 6 heteroatoms. The second-order valence-corrected chi connectivity index (χ2v) is 7.18. The first-order chi connectivity index (χ1) is 11.9. The molecule has 0 N–H and O–H groups in total. The van der Waals surface area contributed by atoms with Crippen LogP contribution in [0.1, 0.15) is 34.8 Å². The second-order valence-electron chi connectivity index (χ2n) is 6.18. The summed E-state index contributed by atoms with van der Waals surface area (Å²) in [6.45, 7) is 10.8. The van der Waals surface area contributed by atoms with Crippen molar-refractivity contribution in [3.05, 3.63) is 40.2 Å². The highest BCUT2D eigenvalue weighted by Gasteiger charge is 2.21. The molecule has 2 rings (SSSR count). The molecule has 0 spiro atoms. The monoisotopic (exact) mass is 363 g/mol. The van der Waals surface area contributed by atoms with E-state index in [4.69, 9.17) is 0 Å². The molecular formula is C19H26FN3OS. The number of nitrogens with zero attached hydrogens (tertiary/aromatic N) is 3. The Morgan fingerprint density at radius 2 is 1.92 bits per heavy atom. The fourth-order valence-corrected chi connectivity index (χ4v) is 3.47. The van der Waals surface area contributed by atoms with Gasteiger partial charge >= 0.3 is 0 Å². The van der Waals surface area contributed by atoms with Crippen LogP contribution in [-0.4, -0.2) is 53.9 Å². The van der Waals surface area contributed by atoms with Crippen molar-refractivity contribution in [1.29, 1.82) is 0 Å². The predicted molar refractivity (Wildman–Crippen MR) is 102 cm³/mol. The van der Waals surface area contributed by atoms with E-state index < -0.39 is 0 Å². The van der Waals surface area contributed by atoms with Crippen LogP contribution in [0.5, 0.6) is 0 Å². The summed E-state index contributed by atoms with van der Waals surface area (Å²) >= 11 is 1.34. The number of benzene rings is 1. The van der Waals surface area contributed by atoms with Crippen LogP contribution >= 0.6 is 11.3 Å². The third-order valence-electron chi connectivity index (χ3n) is 4.37. The van der Waals surface area contributed by atoms with Gasteiger partial charge in [0.05, 0.1) is 5.69 Å². The van der Waals surface area contributed by atoms with Crippen molar-refractivity contribution in [2.75, 3.05) is 33.2 Å². The van der Waals surface area contributed by atoms with Gasteiger partial charge in [0.2, 0.25) is 0 Å². The first-order valence-electron chi connectivity index (χ1n) is 8.59. The summed E-state index contributed by atoms with van der Waals surface area (Å²) in [5, 5.41) is 0.682. The van der Waals surface area contributed by atoms with Crippen LogP contribution in [0.25, 0.3) is 10.6 Å². The Bertz CT molecular complexity index is 744. The third-order valence-corrected chi connectivity index (χ3v) is 5.56. The summed E-state index contributed by atoms with van der Waals surface area (Å²) < 4.78 is 13.8. The Labute approximate surface area is 153 Å². The lowest BCUT2D eigenvalue weighted by Crippen LogP contribution is -2.37. The molecule has 1 heterocycles. The zero-order valence-electron chi connectivity index (χ0n) is 15.6. The summed E-state index contributed by atoms with van der Waals surface area (Å²) in [7, 11) is 2.04. The van der Waals surface area contributed by atoms with Crippen LogP contribution in [0.15, 0.2) is 18.2 Å². The lowest BCUT2D eigenvalue weighted by molar-refractivity contribution is 0.0755. The highest BCUT2D eigenvalue weighted by Crippen LogP contribution is 2.29. The van der Waals surface area contributed by atoms with E-state index in [2.05, 4.69) is 16.8 Å². The fourth-order valence-electron chi connectivity index (χ4n) is 2.44. The van der Waals surface area contributed by atoms with Gasteiger partial charge in [-0.1, -0.05) is 19.1 Å². The van der Waals surface area contributed by atoms with Gasteiger partial charge in [-0.3, -0.25) is 4.79 Å². The highest BCUT2D eigenvalue weighted by atomic mass is 32.1. The summed E-state index contributed by atoms with van der Waals surface area (Å²) in [6.07, 6.45) is 0. The van der Waals surface area contributed by atoms with E-state index in [9.17, 15) is 9.18 Å². The van der Waals surface area contributed by atoms with Crippen LogP contribution in [0, 0.1) is 19.7 Å². The molecule has 0 unspecified atom stereocenters. The summed E-state index contributed by atoms with van der Waals surface area (Å²) in [4.78, 5) is 22.0. The van der Waals surface area contributed by atoms with Crippen molar-refractivity contribution in [2.45, 2.75) is 27.7 Å². The standard InChI is InChI=1S/C19H26FN3OS/c1-6-22(5)10-11-23(7-2)19(24)17-14(4)21-18(25-17)15-9-8-13(3)16(20)12-15/h8-9,12H,6-7,10-11H2,1-5H3. The minimum absolute atomic E-state index is 0.000775. The average molecular weight is 364 g/mol. The maximum atomic E-state index is 13.8. The Morgan fingerprint density at radius 1 is 1.20 bits per heavy atom. The molecule has 0 aliphatic rings. The van der Waals surface area contributed by atoms with Crippen LogP contribution < -0.4 is 0 Å². The maximum Gasteiger partial charge on any atom is 0.265 e. The number of aryl methyl sites for hydroxylation is 2. The van der Waals surface area contributed by atoms with Crippen LogP contribution in [0.2, 0.25) is 0 Å². The minimum atomic E-state index is -0.254. The molecule has 1 amide bonds. The first kappa shape index (κ1) is 19.5. The zero-order chi connectivity index (χ0) is 18.6. The Kier molecular flexibility index (Phi) is 6.67. The number of rotatable bonds is 7. The number of hydrogen-bond acceptors (Lipinski definition) is 4. The molecule has 25 heavy (non-hydrogen) atoms. The molecule has 0 bridgehead atoms. The molecule has 2 aromatic rings. The van der Waals surface area contributed by atoms with Crippen LogP contribution in [-0.2, 0) is 0 Å². The summed E-state index contributed by atoms with van der Waals surface area (Å²) in [5.41, 5.74) is 2.02. The molecule has 1 aromatic heterocycles. The first-order valence-corrected chi connectivity index (χ1v) is 9.40. The Balaban J connectivity index is 2.22.